The highest BCUT2D eigenvalue weighted by Crippen LogP contribution is 2.61. The number of aliphatic hydroxyl groups excluding tert-OH is 1. The minimum Gasteiger partial charge on any atom is -0.410 e. The fourth-order valence-corrected chi connectivity index (χ4v) is 12.0. The number of allylic oxidation sites excluding steroid dienone is 3. The molecule has 1 N–H and O–H groups in total. The molecule has 0 radical (unpaired) electrons. The quantitative estimate of drug-likeness (QED) is 0.194. The molecule has 0 spiro atoms. The Bertz CT molecular complexity index is 1280. The molecule has 0 aromatic carbocycles. The van der Waals surface area contributed by atoms with E-state index in [1.807, 2.05) is 0 Å². The van der Waals surface area contributed by atoms with Gasteiger partial charge in [0.2, 0.25) is 0 Å². The third-order valence-electron chi connectivity index (χ3n) is 14.0. The van der Waals surface area contributed by atoms with Gasteiger partial charge in [0.15, 0.2) is 8.32 Å². The Morgan fingerprint density at radius 2 is 1.66 bits per heavy atom. The minimum atomic E-state index is -1.86. The fraction of sp³-hybridized carbons (Fsp3) is 0.756. The number of rotatable bonds is 4. The average molecular weight is 613 g/mol. The zero-order valence-corrected chi connectivity index (χ0v) is 30.0. The summed E-state index contributed by atoms with van der Waals surface area (Å²) in [6.45, 7) is 21.0. The zero-order valence-electron chi connectivity index (χ0n) is 29.0. The van der Waals surface area contributed by atoms with Gasteiger partial charge in [-0.05, 0) is 154 Å². The van der Waals surface area contributed by atoms with Crippen molar-refractivity contribution >= 4 is 8.32 Å². The molecule has 3 heteroatoms. The molecule has 0 aromatic heterocycles. The average Bonchev–Trinajstić information content (AvgIpc) is 3.27. The number of hydrogen-bond donors (Lipinski definition) is 1. The SMILES string of the molecule is C=C1[C@H](C)C/C(=C/C=C2\CCC[C@@]3(C)C2CC[C@@H]3C#CC#CC(O)C23CC4CC(CC(C4)C2)C3)C[C@H]1O[Si](C)(C)C(C)(C)C. The van der Waals surface area contributed by atoms with Gasteiger partial charge in [-0.1, -0.05) is 76.3 Å². The highest BCUT2D eigenvalue weighted by atomic mass is 28.4. The lowest BCUT2D eigenvalue weighted by Gasteiger charge is -2.57. The van der Waals surface area contributed by atoms with Crippen molar-refractivity contribution in [3.8, 4) is 23.7 Å². The van der Waals surface area contributed by atoms with Crippen LogP contribution >= 0.6 is 0 Å². The summed E-state index contributed by atoms with van der Waals surface area (Å²) in [6, 6.07) is 0. The number of hydrogen-bond acceptors (Lipinski definition) is 2. The molecular weight excluding hydrogens is 553 g/mol. The van der Waals surface area contributed by atoms with Gasteiger partial charge in [0.1, 0.15) is 6.10 Å². The van der Waals surface area contributed by atoms with Crippen molar-refractivity contribution in [1.29, 1.82) is 0 Å². The largest absolute Gasteiger partial charge is 0.410 e. The van der Waals surface area contributed by atoms with E-state index in [0.29, 0.717) is 17.8 Å². The van der Waals surface area contributed by atoms with Gasteiger partial charge in [-0.15, -0.1) is 0 Å². The molecule has 0 aliphatic heterocycles. The molecule has 2 nitrogen and oxygen atoms in total. The molecule has 0 saturated heterocycles. The smallest absolute Gasteiger partial charge is 0.192 e. The zero-order chi connectivity index (χ0) is 31.5. The molecule has 7 aliphatic rings. The second-order valence-electron chi connectivity index (χ2n) is 18.1. The molecule has 0 aromatic rings. The lowest BCUT2D eigenvalue weighted by Crippen LogP contribution is -2.51. The van der Waals surface area contributed by atoms with Crippen molar-refractivity contribution in [2.75, 3.05) is 0 Å². The van der Waals surface area contributed by atoms with E-state index in [1.54, 1.807) is 5.57 Å². The van der Waals surface area contributed by atoms with Gasteiger partial charge < -0.3 is 9.53 Å². The minimum absolute atomic E-state index is 0.0612. The lowest BCUT2D eigenvalue weighted by molar-refractivity contribution is -0.101. The first-order chi connectivity index (χ1) is 20.7. The van der Waals surface area contributed by atoms with Gasteiger partial charge in [-0.3, -0.25) is 0 Å². The summed E-state index contributed by atoms with van der Waals surface area (Å²) in [7, 11) is -1.86. The Kier molecular flexibility index (Phi) is 8.79. The van der Waals surface area contributed by atoms with Gasteiger partial charge in [-0.2, -0.15) is 0 Å². The van der Waals surface area contributed by atoms with E-state index in [2.05, 4.69) is 90.1 Å². The van der Waals surface area contributed by atoms with E-state index in [-0.39, 0.29) is 22.0 Å². The first-order valence-electron chi connectivity index (χ1n) is 18.1. The molecule has 7 aliphatic carbocycles. The summed E-state index contributed by atoms with van der Waals surface area (Å²) >= 11 is 0. The van der Waals surface area contributed by atoms with Crippen molar-refractivity contribution in [3.05, 3.63) is 35.5 Å². The number of aliphatic hydroxyl groups is 1. The van der Waals surface area contributed by atoms with Crippen LogP contribution in [0.25, 0.3) is 0 Å². The summed E-state index contributed by atoms with van der Waals surface area (Å²) in [5.41, 5.74) is 4.74. The van der Waals surface area contributed by atoms with Gasteiger partial charge in [0, 0.05) is 11.3 Å². The standard InChI is InChI=1S/C41H60O2Si/c1-28-20-30(24-37(29(28)2)43-44(7,8)39(3,4)5)15-16-34-12-11-19-40(6)35(17-18-36(34)40)13-9-10-14-38(42)41-25-31-21-32(26-41)23-33(22-31)27-41/h15-16,28,31-33,35-38,42H,2,11-12,17-27H2,1,3-8H3/b30-15-,34-16+/t28-,31?,32?,33?,35+,36?,37-,38?,40-,41?/m1/s1. The van der Waals surface area contributed by atoms with Crippen LogP contribution in [0.3, 0.4) is 0 Å². The van der Waals surface area contributed by atoms with Crippen LogP contribution in [0.1, 0.15) is 118 Å². The third kappa shape index (κ3) is 6.13. The molecule has 4 bridgehead atoms. The summed E-state index contributed by atoms with van der Waals surface area (Å²) in [5.74, 6) is 17.3. The Morgan fingerprint density at radius 1 is 1.00 bits per heavy atom. The molecule has 7 rings (SSSR count). The molecule has 2 unspecified atom stereocenters. The highest BCUT2D eigenvalue weighted by molar-refractivity contribution is 6.74. The molecular formula is C41H60O2Si. The summed E-state index contributed by atoms with van der Waals surface area (Å²) in [4.78, 5) is 0. The topological polar surface area (TPSA) is 29.5 Å². The second-order valence-corrected chi connectivity index (χ2v) is 22.8. The predicted molar refractivity (Wildman–Crippen MR) is 186 cm³/mol. The molecule has 240 valence electrons. The van der Waals surface area contributed by atoms with Crippen LogP contribution in [0.4, 0.5) is 0 Å². The first kappa shape index (κ1) is 32.4. The van der Waals surface area contributed by atoms with Gasteiger partial charge >= 0.3 is 0 Å². The van der Waals surface area contributed by atoms with Crippen LogP contribution in [0.15, 0.2) is 35.5 Å². The molecule has 7 saturated carbocycles. The van der Waals surface area contributed by atoms with Crippen LogP contribution in [0, 0.1) is 70.0 Å². The maximum Gasteiger partial charge on any atom is 0.192 e. The third-order valence-corrected chi connectivity index (χ3v) is 18.5. The van der Waals surface area contributed by atoms with E-state index in [4.69, 9.17) is 4.43 Å². The lowest BCUT2D eigenvalue weighted by atomic mass is 9.48. The van der Waals surface area contributed by atoms with Crippen molar-refractivity contribution in [2.45, 2.75) is 148 Å². The molecule has 7 fully saturated rings. The van der Waals surface area contributed by atoms with Gasteiger partial charge in [0.25, 0.3) is 0 Å². The van der Waals surface area contributed by atoms with E-state index < -0.39 is 14.4 Å². The van der Waals surface area contributed by atoms with Crippen molar-refractivity contribution in [1.82, 2.24) is 0 Å². The normalized spacial score (nSPS) is 42.5. The van der Waals surface area contributed by atoms with Gasteiger partial charge in [-0.25, -0.2) is 0 Å². The monoisotopic (exact) mass is 612 g/mol. The van der Waals surface area contributed by atoms with E-state index >= 15 is 0 Å². The van der Waals surface area contributed by atoms with Crippen LogP contribution < -0.4 is 0 Å². The maximum absolute atomic E-state index is 11.2. The van der Waals surface area contributed by atoms with Crippen LogP contribution in [0.5, 0.6) is 0 Å². The molecule has 0 amide bonds. The molecule has 0 heterocycles. The van der Waals surface area contributed by atoms with E-state index in [9.17, 15) is 5.11 Å². The number of fused-ring (bicyclic) bond motifs is 1. The van der Waals surface area contributed by atoms with Crippen molar-refractivity contribution in [3.63, 3.8) is 0 Å². The van der Waals surface area contributed by atoms with E-state index in [0.717, 1.165) is 30.6 Å². The van der Waals surface area contributed by atoms with Crippen LogP contribution in [-0.2, 0) is 4.43 Å². The Morgan fingerprint density at radius 3 is 2.30 bits per heavy atom. The Hall–Kier alpha value is -1.52. The van der Waals surface area contributed by atoms with Crippen LogP contribution in [-0.4, -0.2) is 25.6 Å². The summed E-state index contributed by atoms with van der Waals surface area (Å²) < 4.78 is 6.91. The Balaban J connectivity index is 1.12. The van der Waals surface area contributed by atoms with Gasteiger partial charge in [0.05, 0.1) is 6.10 Å². The first-order valence-corrected chi connectivity index (χ1v) is 21.0. The second kappa shape index (κ2) is 11.9. The molecule has 44 heavy (non-hydrogen) atoms. The summed E-state index contributed by atoms with van der Waals surface area (Å²) in [6.07, 6.45) is 20.6. The fourth-order valence-electron chi connectivity index (χ4n) is 10.7. The predicted octanol–water partition coefficient (Wildman–Crippen LogP) is 10.0. The van der Waals surface area contributed by atoms with Crippen molar-refractivity contribution < 1.29 is 9.53 Å². The maximum atomic E-state index is 11.2. The highest BCUT2D eigenvalue weighted by Gasteiger charge is 2.54. The van der Waals surface area contributed by atoms with Crippen LogP contribution in [0.2, 0.25) is 18.1 Å². The summed E-state index contributed by atoms with van der Waals surface area (Å²) in [5, 5.41) is 11.4. The van der Waals surface area contributed by atoms with Crippen molar-refractivity contribution in [2.24, 2.45) is 46.3 Å². The Labute approximate surface area is 271 Å². The molecule has 6 atom stereocenters. The van der Waals surface area contributed by atoms with E-state index in [1.165, 1.54) is 81.8 Å².